The van der Waals surface area contributed by atoms with Crippen LogP contribution in [0, 0.1) is 0 Å². The lowest BCUT2D eigenvalue weighted by molar-refractivity contribution is 0.147. The number of imidazole rings is 1. The quantitative estimate of drug-likeness (QED) is 0.459. The van der Waals surface area contributed by atoms with Gasteiger partial charge >= 0.3 is 0 Å². The predicted octanol–water partition coefficient (Wildman–Crippen LogP) is 3.05. The van der Waals surface area contributed by atoms with E-state index >= 15 is 0 Å². The summed E-state index contributed by atoms with van der Waals surface area (Å²) in [5, 5.41) is 0.926. The van der Waals surface area contributed by atoms with E-state index in [1.54, 1.807) is 11.8 Å². The Morgan fingerprint density at radius 2 is 2.28 bits per heavy atom. The van der Waals surface area contributed by atoms with Crippen molar-refractivity contribution in [3.63, 3.8) is 0 Å². The number of benzene rings is 1. The first-order valence-corrected chi connectivity index (χ1v) is 7.24. The smallest absolute Gasteiger partial charge is 0.166 e. The second-order valence-corrected chi connectivity index (χ2v) is 5.22. The summed E-state index contributed by atoms with van der Waals surface area (Å²) in [6, 6.07) is 5.71. The minimum Gasteiger partial charge on any atom is -0.399 e. The molecule has 0 aliphatic carbocycles. The number of nitrogens with one attached hydrogen (secondary N) is 1. The van der Waals surface area contributed by atoms with Crippen molar-refractivity contribution in [3.8, 4) is 0 Å². The highest BCUT2D eigenvalue weighted by Crippen LogP contribution is 2.20. The van der Waals surface area contributed by atoms with Gasteiger partial charge < -0.3 is 15.5 Å². The van der Waals surface area contributed by atoms with Crippen LogP contribution in [0.4, 0.5) is 5.69 Å². The summed E-state index contributed by atoms with van der Waals surface area (Å²) in [5.41, 5.74) is 8.43. The van der Waals surface area contributed by atoms with Crippen molar-refractivity contribution in [2.75, 3.05) is 24.7 Å². The largest absolute Gasteiger partial charge is 0.399 e. The molecule has 0 aliphatic heterocycles. The number of nitrogens with two attached hydrogens (primary N) is 1. The molecule has 0 radical (unpaired) electrons. The Morgan fingerprint density at radius 3 is 3.11 bits per heavy atom. The summed E-state index contributed by atoms with van der Waals surface area (Å²) in [6.07, 6.45) is 2.31. The van der Waals surface area contributed by atoms with Gasteiger partial charge in [-0.05, 0) is 24.6 Å². The van der Waals surface area contributed by atoms with Crippen LogP contribution < -0.4 is 5.73 Å². The van der Waals surface area contributed by atoms with Gasteiger partial charge in [-0.3, -0.25) is 0 Å². The van der Waals surface area contributed by atoms with Gasteiger partial charge in [0, 0.05) is 18.0 Å². The summed E-state index contributed by atoms with van der Waals surface area (Å²) in [4.78, 5) is 7.74. The fourth-order valence-corrected chi connectivity index (χ4v) is 2.36. The van der Waals surface area contributed by atoms with E-state index in [0.717, 1.165) is 47.3 Å². The summed E-state index contributed by atoms with van der Waals surface area (Å²) in [6.45, 7) is 3.79. The number of aromatic amines is 1. The molecule has 98 valence electrons. The molecule has 0 bridgehead atoms. The average Bonchev–Trinajstić information content (AvgIpc) is 2.75. The second kappa shape index (κ2) is 6.66. The summed E-state index contributed by atoms with van der Waals surface area (Å²) in [5.74, 6) is 0.916. The Bertz CT molecular complexity index is 498. The Kier molecular flexibility index (Phi) is 4.90. The lowest BCUT2D eigenvalue weighted by atomic mass is 10.3. The zero-order chi connectivity index (χ0) is 12.8. The van der Waals surface area contributed by atoms with Crippen LogP contribution in [0.1, 0.15) is 19.8 Å². The van der Waals surface area contributed by atoms with Crippen LogP contribution >= 0.6 is 11.8 Å². The molecule has 0 atom stereocenters. The highest BCUT2D eigenvalue weighted by molar-refractivity contribution is 7.99. The van der Waals surface area contributed by atoms with Crippen LogP contribution in [0.15, 0.2) is 23.4 Å². The summed E-state index contributed by atoms with van der Waals surface area (Å²) >= 11 is 1.68. The van der Waals surface area contributed by atoms with E-state index in [0.29, 0.717) is 0 Å². The molecule has 0 fully saturated rings. The van der Waals surface area contributed by atoms with Crippen molar-refractivity contribution < 1.29 is 4.74 Å². The van der Waals surface area contributed by atoms with E-state index < -0.39 is 0 Å². The van der Waals surface area contributed by atoms with Crippen LogP contribution in [0.5, 0.6) is 0 Å². The van der Waals surface area contributed by atoms with E-state index in [1.807, 2.05) is 18.2 Å². The lowest BCUT2D eigenvalue weighted by Gasteiger charge is -2.01. The van der Waals surface area contributed by atoms with Crippen molar-refractivity contribution in [3.05, 3.63) is 18.2 Å². The van der Waals surface area contributed by atoms with Crippen LogP contribution in [0.3, 0.4) is 0 Å². The standard InChI is InChI=1S/C13H19N3OS/c1-2-3-6-17-7-8-18-13-15-11-5-4-10(14)9-12(11)16-13/h4-5,9H,2-3,6-8,14H2,1H3,(H,15,16). The van der Waals surface area contributed by atoms with Crippen molar-refractivity contribution in [2.24, 2.45) is 0 Å². The minimum atomic E-state index is 0.755. The zero-order valence-corrected chi connectivity index (χ0v) is 11.4. The second-order valence-electron chi connectivity index (χ2n) is 4.13. The summed E-state index contributed by atoms with van der Waals surface area (Å²) in [7, 11) is 0. The van der Waals surface area contributed by atoms with Gasteiger partial charge in [0.1, 0.15) is 0 Å². The first-order chi connectivity index (χ1) is 8.79. The number of unbranched alkanes of at least 4 members (excludes halogenated alkanes) is 1. The topological polar surface area (TPSA) is 63.9 Å². The van der Waals surface area contributed by atoms with Crippen molar-refractivity contribution in [1.29, 1.82) is 0 Å². The molecule has 0 saturated heterocycles. The number of ether oxygens (including phenoxy) is 1. The number of rotatable bonds is 7. The molecule has 0 saturated carbocycles. The maximum absolute atomic E-state index is 5.73. The Balaban J connectivity index is 1.81. The van der Waals surface area contributed by atoms with E-state index in [2.05, 4.69) is 16.9 Å². The van der Waals surface area contributed by atoms with Gasteiger partial charge in [0.2, 0.25) is 0 Å². The number of H-pyrrole nitrogens is 1. The number of fused-ring (bicyclic) bond motifs is 1. The normalized spacial score (nSPS) is 11.2. The molecule has 0 aliphatic rings. The SMILES string of the molecule is CCCCOCCSc1nc2ccc(N)cc2[nH]1. The van der Waals surface area contributed by atoms with Crippen LogP contribution in [-0.4, -0.2) is 28.9 Å². The number of hydrogen-bond donors (Lipinski definition) is 2. The molecule has 18 heavy (non-hydrogen) atoms. The predicted molar refractivity (Wildman–Crippen MR) is 77.0 cm³/mol. The minimum absolute atomic E-state index is 0.755. The maximum Gasteiger partial charge on any atom is 0.166 e. The molecule has 2 rings (SSSR count). The van der Waals surface area contributed by atoms with Crippen molar-refractivity contribution in [1.82, 2.24) is 9.97 Å². The van der Waals surface area contributed by atoms with Crippen LogP contribution in [-0.2, 0) is 4.74 Å². The molecule has 2 aromatic rings. The molecule has 5 heteroatoms. The fourth-order valence-electron chi connectivity index (χ4n) is 1.62. The number of anilines is 1. The van der Waals surface area contributed by atoms with Gasteiger partial charge in [0.15, 0.2) is 5.16 Å². The number of aromatic nitrogens is 2. The highest BCUT2D eigenvalue weighted by Gasteiger charge is 2.03. The van der Waals surface area contributed by atoms with E-state index in [4.69, 9.17) is 10.5 Å². The average molecular weight is 265 g/mol. The molecule has 4 nitrogen and oxygen atoms in total. The van der Waals surface area contributed by atoms with Crippen LogP contribution in [0.25, 0.3) is 11.0 Å². The van der Waals surface area contributed by atoms with Gasteiger partial charge in [-0.2, -0.15) is 0 Å². The number of nitrogen functional groups attached to an aromatic ring is 1. The molecule has 3 N–H and O–H groups in total. The molecule has 0 spiro atoms. The third-order valence-electron chi connectivity index (χ3n) is 2.59. The molecular weight excluding hydrogens is 246 g/mol. The molecular formula is C13H19N3OS. The Hall–Kier alpha value is -1.20. The summed E-state index contributed by atoms with van der Waals surface area (Å²) < 4.78 is 5.51. The highest BCUT2D eigenvalue weighted by atomic mass is 32.2. The van der Waals surface area contributed by atoms with Crippen molar-refractivity contribution in [2.45, 2.75) is 24.9 Å². The lowest BCUT2D eigenvalue weighted by Crippen LogP contribution is -1.98. The third kappa shape index (κ3) is 3.65. The Labute approximate surface area is 111 Å². The fraction of sp³-hybridized carbons (Fsp3) is 0.462. The molecule has 1 aromatic heterocycles. The van der Waals surface area contributed by atoms with E-state index in [-0.39, 0.29) is 0 Å². The third-order valence-corrected chi connectivity index (χ3v) is 3.43. The first-order valence-electron chi connectivity index (χ1n) is 6.25. The van der Waals surface area contributed by atoms with Crippen molar-refractivity contribution >= 4 is 28.5 Å². The van der Waals surface area contributed by atoms with Gasteiger partial charge in [-0.25, -0.2) is 4.98 Å². The maximum atomic E-state index is 5.73. The van der Waals surface area contributed by atoms with Crippen LogP contribution in [0.2, 0.25) is 0 Å². The number of hydrogen-bond acceptors (Lipinski definition) is 4. The molecule has 1 heterocycles. The number of thioether (sulfide) groups is 1. The number of nitrogens with zero attached hydrogens (tertiary/aromatic N) is 1. The van der Waals surface area contributed by atoms with Gasteiger partial charge in [-0.1, -0.05) is 25.1 Å². The molecule has 1 aromatic carbocycles. The Morgan fingerprint density at radius 1 is 1.39 bits per heavy atom. The molecule has 0 amide bonds. The van der Waals surface area contributed by atoms with Gasteiger partial charge in [-0.15, -0.1) is 0 Å². The van der Waals surface area contributed by atoms with E-state index in [9.17, 15) is 0 Å². The molecule has 0 unspecified atom stereocenters. The van der Waals surface area contributed by atoms with E-state index in [1.165, 1.54) is 6.42 Å². The monoisotopic (exact) mass is 265 g/mol. The zero-order valence-electron chi connectivity index (χ0n) is 10.6. The first kappa shape index (κ1) is 13.2. The van der Waals surface area contributed by atoms with Gasteiger partial charge in [0.25, 0.3) is 0 Å². The van der Waals surface area contributed by atoms with Gasteiger partial charge in [0.05, 0.1) is 17.6 Å².